The number of hydrogen-bond donors (Lipinski definition) is 8. The van der Waals surface area contributed by atoms with Gasteiger partial charge in [0.15, 0.2) is 28.7 Å². The Hall–Kier alpha value is -8.76. The number of fused-ring (bicyclic) bond motifs is 4. The molecule has 8 fully saturated rings. The van der Waals surface area contributed by atoms with Crippen molar-refractivity contribution in [2.45, 2.75) is 369 Å². The number of nitrogens with two attached hydrogens (primary N) is 1. The summed E-state index contributed by atoms with van der Waals surface area (Å²) in [7, 11) is 5.66. The average Bonchev–Trinajstić information content (AvgIpc) is 1.17. The van der Waals surface area contributed by atoms with Crippen LogP contribution in [0.25, 0.3) is 22.6 Å². The van der Waals surface area contributed by atoms with Crippen LogP contribution in [-0.2, 0) is 90.7 Å². The molecule has 11 aliphatic rings. The van der Waals surface area contributed by atoms with Crippen LogP contribution >= 0.6 is 0 Å². The fourth-order valence-corrected chi connectivity index (χ4v) is 23.6. The number of likely N-dealkylation sites (N-methyl/N-ethyl adjacent to an activating group) is 4. The number of hydrogen-bond acceptors (Lipinski definition) is 29. The third-order valence-corrected chi connectivity index (χ3v) is 32.8. The second kappa shape index (κ2) is 47.4. The minimum absolute atomic E-state index is 0. The molecule has 9 N–H and O–H groups in total. The number of cyclic esters (lactones) is 2. The molecule has 1 aromatic rings. The second-order valence-corrected chi connectivity index (χ2v) is 44.2. The summed E-state index contributed by atoms with van der Waals surface area (Å²) in [5.74, 6) is -21.1. The average molecular weight is 2030 g/mol. The fraction of sp³-hybridized carbons (Fsp3) is 0.736. The number of rotatable bonds is 20. The van der Waals surface area contributed by atoms with Crippen LogP contribution in [0.1, 0.15) is 273 Å². The number of carbonyl (C=O) groups is 14. The number of Topliss-reactive ketones (excluding diaryl/α,β-unsaturated/α-hetero) is 3. The minimum Gasteiger partial charge on any atom is -0.550 e. The van der Waals surface area contributed by atoms with E-state index < -0.39 is 279 Å². The number of ether oxygens (including phenoxy) is 7. The summed E-state index contributed by atoms with van der Waals surface area (Å²) in [5.41, 5.74) is 2.03. The molecule has 30 atom stereocenters. The molecule has 8 amide bonds. The van der Waals surface area contributed by atoms with E-state index in [-0.39, 0.29) is 99.0 Å². The maximum Gasteiger partial charge on any atom is 1.00 e. The first-order valence-electron chi connectivity index (χ1n) is 51.7. The topological polar surface area (TPSA) is 518 Å². The molecule has 794 valence electrons. The van der Waals surface area contributed by atoms with Gasteiger partial charge in [0, 0.05) is 99.4 Å². The molecule has 2 saturated carbocycles. The van der Waals surface area contributed by atoms with Crippen LogP contribution in [0.4, 0.5) is 5.69 Å². The van der Waals surface area contributed by atoms with Crippen molar-refractivity contribution in [3.05, 3.63) is 56.8 Å². The Kier molecular flexibility index (Phi) is 38.6. The van der Waals surface area contributed by atoms with E-state index in [1.807, 2.05) is 41.5 Å². The van der Waals surface area contributed by atoms with Crippen LogP contribution in [0.5, 0.6) is 0 Å². The molecule has 37 nitrogen and oxygen atoms in total. The molecule has 0 aromatic heterocycles. The Labute approximate surface area is 867 Å². The molecular formula is C106H157N10NaO27. The summed E-state index contributed by atoms with van der Waals surface area (Å²) in [6.07, 6.45) is 4.57. The van der Waals surface area contributed by atoms with Crippen LogP contribution in [0.2, 0.25) is 0 Å². The van der Waals surface area contributed by atoms with Crippen LogP contribution < -0.4 is 67.1 Å². The molecule has 6 saturated heterocycles. The number of aromatic nitrogens is 1. The number of benzene rings is 2. The Bertz CT molecular complexity index is 5320. The molecule has 8 aliphatic heterocycles. The van der Waals surface area contributed by atoms with Gasteiger partial charge in [-0.1, -0.05) is 130 Å². The van der Waals surface area contributed by atoms with E-state index in [4.69, 9.17) is 48.3 Å². The molecule has 0 radical (unpaired) electrons. The number of aliphatic hydroxyl groups excluding tert-OH is 2. The zero-order valence-electron chi connectivity index (χ0n) is 89.3. The number of aliphatic carboxylic acids is 1. The normalized spacial score (nSPS) is 34.4. The number of anilines is 1. The summed E-state index contributed by atoms with van der Waals surface area (Å²) in [6.45, 7) is 37.8. The van der Waals surface area contributed by atoms with Crippen molar-refractivity contribution < 1.29 is 155 Å². The van der Waals surface area contributed by atoms with Crippen molar-refractivity contribution in [1.29, 1.82) is 0 Å². The number of ketones is 3. The van der Waals surface area contributed by atoms with Gasteiger partial charge in [-0.3, -0.25) is 57.5 Å². The van der Waals surface area contributed by atoms with E-state index in [1.54, 1.807) is 81.4 Å². The van der Waals surface area contributed by atoms with E-state index in [1.165, 1.54) is 70.9 Å². The van der Waals surface area contributed by atoms with Crippen molar-refractivity contribution >= 4 is 99.3 Å². The van der Waals surface area contributed by atoms with Gasteiger partial charge in [-0.25, -0.2) is 14.6 Å². The molecule has 1 aromatic carbocycles. The first-order chi connectivity index (χ1) is 66.9. The number of carbonyl (C=O) groups excluding carboxylic acids is 14. The van der Waals surface area contributed by atoms with Crippen LogP contribution in [0.15, 0.2) is 33.5 Å². The number of carboxylic acids is 1. The molecule has 30 unspecified atom stereocenters. The van der Waals surface area contributed by atoms with Gasteiger partial charge in [0.2, 0.25) is 46.7 Å². The summed E-state index contributed by atoms with van der Waals surface area (Å²) in [6, 6.07) is -5.71. The van der Waals surface area contributed by atoms with Gasteiger partial charge in [-0.15, -0.1) is 0 Å². The standard InChI is InChI=1S/C64H88N10O16.C42H70O11.Na/c1-27(2)44-53(78)35-19-17-21-37(35)61(84)71(13)25-40(75)73(15)50(29(5)6)63(86)88-33(11)46(59(82)67-44)69-57(80)39-24-23-31(9)55-48(39)66-49-42(43(65)52(77)32(10)56(49)90-55)58(81)70-47-34(12)89-64(87)51(30(7)8)74(16)41(76)26-72(14)62(85)38-22-18-20-36(38)54(79)45(28(3)4)68-60(47)83;1-11-29(38(46)47)31-15-14-23(4)36(50-31)27(8)34(44)26(7)35(45)30(12-2)37-24(5)22-25(6)41(51-37)19-16-32(43)42(53-41)21-20-39(10,52-42)33-17-18-40(48,13-3)28(9)49-33;/h23-24,27-30,33-38,44-47,50-51H,17-22,25-26,65H2,1-16H3,(H,67,82)(H,68,83)(H,69,80)(H,70,81);16,19,23-34,36-37,43-44,48H,11-15,17-18,20-22H2,1-10H3,(H,46,47);/q;;+1/p-1. The molecule has 12 rings (SSSR count). The maximum absolute atomic E-state index is 15.2. The van der Waals surface area contributed by atoms with Gasteiger partial charge < -0.3 is 109 Å². The summed E-state index contributed by atoms with van der Waals surface area (Å²) in [4.78, 5) is 223. The monoisotopic (exact) mass is 2030 g/mol. The quantitative estimate of drug-likeness (QED) is 0.0252. The van der Waals surface area contributed by atoms with E-state index in [9.17, 15) is 82.8 Å². The number of nitrogen functional groups attached to an aromatic ring is 1. The van der Waals surface area contributed by atoms with Gasteiger partial charge in [0.25, 0.3) is 11.8 Å². The number of amides is 8. The zero-order chi connectivity index (χ0) is 106. The summed E-state index contributed by atoms with van der Waals surface area (Å²) in [5, 5.41) is 56.8. The smallest absolute Gasteiger partial charge is 0.550 e. The zero-order valence-corrected chi connectivity index (χ0v) is 91.3. The Morgan fingerprint density at radius 1 is 0.632 bits per heavy atom. The molecule has 8 heterocycles. The third-order valence-electron chi connectivity index (χ3n) is 32.8. The van der Waals surface area contributed by atoms with Gasteiger partial charge in [0.1, 0.15) is 59.5 Å². The van der Waals surface area contributed by atoms with E-state index >= 15 is 9.59 Å². The molecule has 144 heavy (non-hydrogen) atoms. The van der Waals surface area contributed by atoms with Crippen LogP contribution in [-0.4, -0.2) is 278 Å². The molecule has 38 heteroatoms. The first kappa shape index (κ1) is 117. The Morgan fingerprint density at radius 2 is 1.14 bits per heavy atom. The third kappa shape index (κ3) is 23.9. The molecule has 0 bridgehead atoms. The minimum atomic E-state index is -1.86. The van der Waals surface area contributed by atoms with Gasteiger partial charge in [-0.05, 0) is 184 Å². The Balaban J connectivity index is 0.000000334. The van der Waals surface area contributed by atoms with Crippen molar-refractivity contribution in [3.8, 4) is 11.5 Å². The van der Waals surface area contributed by atoms with Crippen LogP contribution in [0.3, 0.4) is 0 Å². The number of aliphatic hydroxyl groups is 3. The van der Waals surface area contributed by atoms with Crippen LogP contribution in [0, 0.1) is 103 Å². The van der Waals surface area contributed by atoms with E-state index in [2.05, 4.69) is 42.0 Å². The number of nitrogens with zero attached hydrogens (tertiary/aromatic N) is 5. The van der Waals surface area contributed by atoms with Gasteiger partial charge >= 0.3 is 41.5 Å². The summed E-state index contributed by atoms with van der Waals surface area (Å²) < 4.78 is 51.8. The van der Waals surface area contributed by atoms with Gasteiger partial charge in [0.05, 0.1) is 89.8 Å². The Morgan fingerprint density at radius 3 is 1.62 bits per heavy atom. The second-order valence-electron chi connectivity index (χ2n) is 44.2. The molecule has 3 aliphatic carbocycles. The van der Waals surface area contributed by atoms with Gasteiger partial charge in [-0.2, -0.15) is 0 Å². The SMILES string of the molecule is CCC(C(=O)[O-])C1CCC(C)C(C(C)C(O)C(C)C(=O)C(CC)C2OC3(C=CC(O)C4(CCC(C)(C5CCC(O)(CC)C(C)O5)O4)O3)C(C)CC2C)O1.Cc1c2oc3c(C)ccc(C(=O)NC4C(=O)NC(C(C)C)C(=O)C5CCCC5C(=O)N(C)CC(=O)N(C)C(C(C)C)C(=O)OC4C)c3nc-2c(C(=O)NC2C(=O)NC(C(C)C)C(=O)C3CCCC3C(=O)N(C)CC(=O)N(C)C(C(C)C)C(=O)OC2C)c(N)c1=O.[Na+]. The predicted molar refractivity (Wildman–Crippen MR) is 524 cm³/mol. The van der Waals surface area contributed by atoms with E-state index in [0.717, 1.165) is 16.2 Å². The number of carboxylic acid groups (broad SMARTS) is 1. The van der Waals surface area contributed by atoms with Crippen molar-refractivity contribution in [3.63, 3.8) is 0 Å². The number of aryl methyl sites for hydroxylation is 1. The predicted octanol–water partition coefficient (Wildman–Crippen LogP) is 4.57. The first-order valence-corrected chi connectivity index (χ1v) is 51.7. The molecular weight excluding hydrogens is 1870 g/mol. The molecule has 2 spiro atoms. The van der Waals surface area contributed by atoms with E-state index in [0.29, 0.717) is 102 Å². The van der Waals surface area contributed by atoms with Crippen molar-refractivity contribution in [1.82, 2.24) is 45.9 Å². The number of nitrogens with one attached hydrogen (secondary N) is 4. The number of esters is 2. The van der Waals surface area contributed by atoms with Crippen molar-refractivity contribution in [2.75, 3.05) is 47.0 Å². The van der Waals surface area contributed by atoms with Crippen molar-refractivity contribution in [2.24, 2.45) is 88.8 Å². The largest absolute Gasteiger partial charge is 1.00 e. The fourth-order valence-electron chi connectivity index (χ4n) is 23.6. The summed E-state index contributed by atoms with van der Waals surface area (Å²) >= 11 is 0. The maximum atomic E-state index is 15.2.